The molecule has 2 aliphatic rings. The van der Waals surface area contributed by atoms with Crippen LogP contribution in [0.2, 0.25) is 5.02 Å². The largest absolute Gasteiger partial charge is 0.487 e. The van der Waals surface area contributed by atoms with Gasteiger partial charge in [0.05, 0.1) is 12.6 Å². The van der Waals surface area contributed by atoms with E-state index in [0.29, 0.717) is 48.5 Å². The molecule has 1 atom stereocenters. The number of fused-ring (bicyclic) bond motifs is 1. The molecular weight excluding hydrogens is 458 g/mol. The number of aryl methyl sites for hydroxylation is 1. The molecule has 2 aliphatic heterocycles. The molecular formula is C25H26ClN3O5. The van der Waals surface area contributed by atoms with Gasteiger partial charge in [-0.3, -0.25) is 4.79 Å². The molecule has 9 heteroatoms. The summed E-state index contributed by atoms with van der Waals surface area (Å²) in [5, 5.41) is 8.16. The Labute approximate surface area is 202 Å². The predicted molar refractivity (Wildman–Crippen MR) is 125 cm³/mol. The standard InChI is InChI=1S/C25H26ClN3O5/c1-16-23(28-34-27-16)25(30)29-8-10-32-24-19(14-29)11-18(17-5-4-6-20(26)12-17)13-22(24)33-15-21-7-2-3-9-31-21/h4-6,11-13,21H,2-3,7-10,14-15H2,1H3. The Hall–Kier alpha value is -3.10. The van der Waals surface area contributed by atoms with E-state index in [-0.39, 0.29) is 17.7 Å². The minimum Gasteiger partial charge on any atom is -0.487 e. The van der Waals surface area contributed by atoms with E-state index in [0.717, 1.165) is 42.6 Å². The van der Waals surface area contributed by atoms with Crippen LogP contribution in [-0.4, -0.2) is 53.6 Å². The minimum absolute atomic E-state index is 0.0609. The topological polar surface area (TPSA) is 86.9 Å². The van der Waals surface area contributed by atoms with Gasteiger partial charge in [-0.1, -0.05) is 28.9 Å². The van der Waals surface area contributed by atoms with Gasteiger partial charge in [0.2, 0.25) is 0 Å². The van der Waals surface area contributed by atoms with Gasteiger partial charge in [0.1, 0.15) is 18.9 Å². The first-order valence-electron chi connectivity index (χ1n) is 11.5. The Morgan fingerprint density at radius 3 is 2.85 bits per heavy atom. The van der Waals surface area contributed by atoms with Crippen LogP contribution >= 0.6 is 11.6 Å². The van der Waals surface area contributed by atoms with Gasteiger partial charge < -0.3 is 19.1 Å². The van der Waals surface area contributed by atoms with E-state index >= 15 is 0 Å². The maximum Gasteiger partial charge on any atom is 0.278 e. The molecule has 8 nitrogen and oxygen atoms in total. The summed E-state index contributed by atoms with van der Waals surface area (Å²) in [5.74, 6) is 1.03. The molecule has 1 unspecified atom stereocenters. The van der Waals surface area contributed by atoms with Crippen molar-refractivity contribution in [3.8, 4) is 22.6 Å². The third-order valence-electron chi connectivity index (χ3n) is 6.10. The summed E-state index contributed by atoms with van der Waals surface area (Å²) in [4.78, 5) is 14.8. The van der Waals surface area contributed by atoms with Crippen molar-refractivity contribution < 1.29 is 23.6 Å². The molecule has 3 aromatic rings. The average molecular weight is 484 g/mol. The first kappa shape index (κ1) is 22.7. The van der Waals surface area contributed by atoms with Crippen LogP contribution in [0.5, 0.6) is 11.5 Å². The van der Waals surface area contributed by atoms with Gasteiger partial charge in [0.15, 0.2) is 17.2 Å². The monoisotopic (exact) mass is 483 g/mol. The highest BCUT2D eigenvalue weighted by molar-refractivity contribution is 6.30. The van der Waals surface area contributed by atoms with Crippen molar-refractivity contribution >= 4 is 17.5 Å². The van der Waals surface area contributed by atoms with E-state index in [1.165, 1.54) is 0 Å². The number of ether oxygens (including phenoxy) is 3. The number of nitrogens with zero attached hydrogens (tertiary/aromatic N) is 3. The first-order chi connectivity index (χ1) is 16.6. The van der Waals surface area contributed by atoms with Gasteiger partial charge in [-0.15, -0.1) is 0 Å². The Kier molecular flexibility index (Phi) is 6.69. The summed E-state index contributed by atoms with van der Waals surface area (Å²) >= 11 is 6.26. The number of carbonyl (C=O) groups excluding carboxylic acids is 1. The van der Waals surface area contributed by atoms with Crippen LogP contribution in [0, 0.1) is 6.92 Å². The second kappa shape index (κ2) is 10.0. The highest BCUT2D eigenvalue weighted by atomic mass is 35.5. The number of rotatable bonds is 5. The molecule has 34 heavy (non-hydrogen) atoms. The number of halogens is 1. The van der Waals surface area contributed by atoms with Crippen LogP contribution in [0.15, 0.2) is 41.0 Å². The molecule has 0 N–H and O–H groups in total. The molecule has 0 saturated carbocycles. The van der Waals surface area contributed by atoms with Gasteiger partial charge in [-0.25, -0.2) is 4.63 Å². The lowest BCUT2D eigenvalue weighted by Crippen LogP contribution is -2.33. The zero-order valence-electron chi connectivity index (χ0n) is 19.0. The Balaban J connectivity index is 1.48. The lowest BCUT2D eigenvalue weighted by atomic mass is 10.0. The van der Waals surface area contributed by atoms with Crippen molar-refractivity contribution in [2.24, 2.45) is 0 Å². The Bertz CT molecular complexity index is 1180. The maximum atomic E-state index is 13.1. The van der Waals surface area contributed by atoms with Crippen molar-refractivity contribution in [1.29, 1.82) is 0 Å². The summed E-state index contributed by atoms with van der Waals surface area (Å²) in [6.45, 7) is 3.97. The van der Waals surface area contributed by atoms with E-state index in [1.54, 1.807) is 11.8 Å². The summed E-state index contributed by atoms with van der Waals surface area (Å²) in [7, 11) is 0. The fourth-order valence-corrected chi connectivity index (χ4v) is 4.49. The van der Waals surface area contributed by atoms with Crippen LogP contribution < -0.4 is 9.47 Å². The molecule has 5 rings (SSSR count). The van der Waals surface area contributed by atoms with Crippen LogP contribution in [0.3, 0.4) is 0 Å². The van der Waals surface area contributed by atoms with Crippen molar-refractivity contribution in [3.63, 3.8) is 0 Å². The van der Waals surface area contributed by atoms with Gasteiger partial charge >= 0.3 is 0 Å². The van der Waals surface area contributed by atoms with Crippen molar-refractivity contribution in [2.75, 3.05) is 26.4 Å². The lowest BCUT2D eigenvalue weighted by molar-refractivity contribution is -0.0115. The Morgan fingerprint density at radius 2 is 2.09 bits per heavy atom. The molecule has 0 radical (unpaired) electrons. The van der Waals surface area contributed by atoms with Crippen LogP contribution in [0.4, 0.5) is 0 Å². The number of aromatic nitrogens is 2. The molecule has 1 amide bonds. The smallest absolute Gasteiger partial charge is 0.278 e. The number of carbonyl (C=O) groups is 1. The number of benzene rings is 2. The van der Waals surface area contributed by atoms with E-state index < -0.39 is 0 Å². The van der Waals surface area contributed by atoms with Crippen LogP contribution in [0.1, 0.15) is 41.0 Å². The van der Waals surface area contributed by atoms with Gasteiger partial charge in [-0.05, 0) is 66.7 Å². The second-order valence-electron chi connectivity index (χ2n) is 8.55. The fourth-order valence-electron chi connectivity index (χ4n) is 4.30. The quantitative estimate of drug-likeness (QED) is 0.520. The summed E-state index contributed by atoms with van der Waals surface area (Å²) in [6, 6.07) is 11.6. The first-order valence-corrected chi connectivity index (χ1v) is 11.8. The molecule has 0 aliphatic carbocycles. The molecule has 178 valence electrons. The van der Waals surface area contributed by atoms with Crippen molar-refractivity contribution in [3.05, 3.63) is 58.4 Å². The van der Waals surface area contributed by atoms with Gasteiger partial charge in [0.25, 0.3) is 5.91 Å². The van der Waals surface area contributed by atoms with Crippen molar-refractivity contribution in [2.45, 2.75) is 38.8 Å². The second-order valence-corrected chi connectivity index (χ2v) is 8.98. The highest BCUT2D eigenvalue weighted by Gasteiger charge is 2.28. The number of amides is 1. The highest BCUT2D eigenvalue weighted by Crippen LogP contribution is 2.39. The Morgan fingerprint density at radius 1 is 1.18 bits per heavy atom. The third-order valence-corrected chi connectivity index (χ3v) is 6.33. The zero-order chi connectivity index (χ0) is 23.5. The molecule has 3 heterocycles. The zero-order valence-corrected chi connectivity index (χ0v) is 19.7. The normalized spacial score (nSPS) is 18.1. The minimum atomic E-state index is -0.249. The molecule has 1 fully saturated rings. The lowest BCUT2D eigenvalue weighted by Gasteiger charge is -2.24. The third kappa shape index (κ3) is 4.88. The molecule has 1 saturated heterocycles. The van der Waals surface area contributed by atoms with E-state index in [1.807, 2.05) is 36.4 Å². The predicted octanol–water partition coefficient (Wildman–Crippen LogP) is 4.68. The fraction of sp³-hybridized carbons (Fsp3) is 0.400. The summed E-state index contributed by atoms with van der Waals surface area (Å²) in [5.41, 5.74) is 3.39. The summed E-state index contributed by atoms with van der Waals surface area (Å²) in [6.07, 6.45) is 3.26. The SMILES string of the molecule is Cc1nonc1C(=O)N1CCOc2c(cc(-c3cccc(Cl)c3)cc2OCC2CCCCO2)C1. The van der Waals surface area contributed by atoms with E-state index in [2.05, 4.69) is 10.3 Å². The van der Waals surface area contributed by atoms with Gasteiger partial charge in [-0.2, -0.15) is 0 Å². The number of hydrogen-bond acceptors (Lipinski definition) is 7. The molecule has 0 bridgehead atoms. The average Bonchev–Trinajstić information content (AvgIpc) is 3.16. The number of hydrogen-bond donors (Lipinski definition) is 0. The van der Waals surface area contributed by atoms with Crippen LogP contribution in [-0.2, 0) is 11.3 Å². The molecule has 2 aromatic carbocycles. The van der Waals surface area contributed by atoms with Gasteiger partial charge in [0, 0.05) is 23.7 Å². The van der Waals surface area contributed by atoms with Crippen LogP contribution in [0.25, 0.3) is 11.1 Å². The summed E-state index contributed by atoms with van der Waals surface area (Å²) < 4.78 is 22.9. The van der Waals surface area contributed by atoms with E-state index in [9.17, 15) is 4.79 Å². The molecule has 1 aromatic heterocycles. The maximum absolute atomic E-state index is 13.1. The van der Waals surface area contributed by atoms with E-state index in [4.69, 9.17) is 30.4 Å². The molecule has 0 spiro atoms. The van der Waals surface area contributed by atoms with Crippen molar-refractivity contribution in [1.82, 2.24) is 15.2 Å².